The molecule has 3 N–H and O–H groups in total. The Morgan fingerprint density at radius 2 is 2.10 bits per heavy atom. The lowest BCUT2D eigenvalue weighted by Crippen LogP contribution is -2.35. The molecule has 20 heavy (non-hydrogen) atoms. The molecular formula is C15H19N5. The summed E-state index contributed by atoms with van der Waals surface area (Å²) in [5.41, 5.74) is 6.38. The molecular weight excluding hydrogens is 250 g/mol. The molecule has 2 unspecified atom stereocenters. The van der Waals surface area contributed by atoms with Gasteiger partial charge in [-0.3, -0.25) is 10.8 Å². The standard InChI is InChI=1S/C15H19N5/c1-10-8-18-15(19-9-10)14(20-16)12-6-2-4-11-5-3-7-17-13(11)12/h3,5,7-9,12,14,20H,2,4,6,16H2,1H3. The van der Waals surface area contributed by atoms with Gasteiger partial charge < -0.3 is 0 Å². The summed E-state index contributed by atoms with van der Waals surface area (Å²) >= 11 is 0. The number of nitrogens with two attached hydrogens (primary N) is 1. The van der Waals surface area contributed by atoms with E-state index in [0.717, 1.165) is 36.3 Å². The number of nitrogens with zero attached hydrogens (tertiary/aromatic N) is 3. The maximum absolute atomic E-state index is 5.77. The summed E-state index contributed by atoms with van der Waals surface area (Å²) < 4.78 is 0. The average molecular weight is 269 g/mol. The van der Waals surface area contributed by atoms with Crippen LogP contribution >= 0.6 is 0 Å². The Morgan fingerprint density at radius 3 is 2.85 bits per heavy atom. The second-order valence-corrected chi connectivity index (χ2v) is 5.31. The van der Waals surface area contributed by atoms with Gasteiger partial charge in [-0.15, -0.1) is 0 Å². The zero-order valence-electron chi connectivity index (χ0n) is 11.6. The van der Waals surface area contributed by atoms with Gasteiger partial charge in [-0.1, -0.05) is 6.07 Å². The van der Waals surface area contributed by atoms with E-state index in [1.54, 1.807) is 0 Å². The summed E-state index contributed by atoms with van der Waals surface area (Å²) in [6.07, 6.45) is 8.79. The van der Waals surface area contributed by atoms with Crippen LogP contribution in [0.3, 0.4) is 0 Å². The average Bonchev–Trinajstić information content (AvgIpc) is 2.50. The van der Waals surface area contributed by atoms with Gasteiger partial charge >= 0.3 is 0 Å². The minimum absolute atomic E-state index is 0.0930. The first-order valence-corrected chi connectivity index (χ1v) is 6.98. The zero-order chi connectivity index (χ0) is 13.9. The molecule has 0 aromatic carbocycles. The number of rotatable bonds is 3. The van der Waals surface area contributed by atoms with E-state index in [4.69, 9.17) is 5.84 Å². The van der Waals surface area contributed by atoms with Gasteiger partial charge in [0.2, 0.25) is 0 Å². The van der Waals surface area contributed by atoms with E-state index >= 15 is 0 Å². The van der Waals surface area contributed by atoms with Crippen molar-refractivity contribution in [2.75, 3.05) is 0 Å². The summed E-state index contributed by atoms with van der Waals surface area (Å²) in [5, 5.41) is 0. The van der Waals surface area contributed by atoms with Crippen molar-refractivity contribution in [3.63, 3.8) is 0 Å². The van der Waals surface area contributed by atoms with Gasteiger partial charge in [0.15, 0.2) is 0 Å². The van der Waals surface area contributed by atoms with Crippen LogP contribution < -0.4 is 11.3 Å². The van der Waals surface area contributed by atoms with E-state index in [-0.39, 0.29) is 12.0 Å². The Morgan fingerprint density at radius 1 is 1.30 bits per heavy atom. The van der Waals surface area contributed by atoms with Crippen molar-refractivity contribution in [2.24, 2.45) is 5.84 Å². The largest absolute Gasteiger partial charge is 0.271 e. The van der Waals surface area contributed by atoms with Crippen molar-refractivity contribution < 1.29 is 0 Å². The van der Waals surface area contributed by atoms with Gasteiger partial charge in [0.05, 0.1) is 6.04 Å². The van der Waals surface area contributed by atoms with E-state index < -0.39 is 0 Å². The number of nitrogens with one attached hydrogen (secondary N) is 1. The molecule has 5 heteroatoms. The molecule has 1 aliphatic carbocycles. The second kappa shape index (κ2) is 5.64. The van der Waals surface area contributed by atoms with Crippen molar-refractivity contribution >= 4 is 0 Å². The van der Waals surface area contributed by atoms with Gasteiger partial charge in [0, 0.05) is 30.2 Å². The Balaban J connectivity index is 1.96. The van der Waals surface area contributed by atoms with Crippen LogP contribution in [0.5, 0.6) is 0 Å². The van der Waals surface area contributed by atoms with E-state index in [1.165, 1.54) is 5.56 Å². The molecule has 0 aliphatic heterocycles. The predicted octanol–water partition coefficient (Wildman–Crippen LogP) is 1.80. The van der Waals surface area contributed by atoms with Crippen molar-refractivity contribution in [2.45, 2.75) is 38.1 Å². The number of hydrogen-bond donors (Lipinski definition) is 2. The van der Waals surface area contributed by atoms with Crippen LogP contribution in [-0.4, -0.2) is 15.0 Å². The summed E-state index contributed by atoms with van der Waals surface area (Å²) in [6, 6.07) is 4.05. The molecule has 0 spiro atoms. The molecule has 0 amide bonds. The third kappa shape index (κ3) is 2.42. The Kier molecular flexibility index (Phi) is 3.71. The normalized spacial score (nSPS) is 19.4. The predicted molar refractivity (Wildman–Crippen MR) is 76.7 cm³/mol. The Bertz CT molecular complexity index is 581. The molecule has 5 nitrogen and oxygen atoms in total. The highest BCUT2D eigenvalue weighted by molar-refractivity contribution is 5.28. The third-order valence-electron chi connectivity index (χ3n) is 3.90. The van der Waals surface area contributed by atoms with Crippen LogP contribution in [0.2, 0.25) is 0 Å². The molecule has 0 saturated carbocycles. The monoisotopic (exact) mass is 269 g/mol. The molecule has 1 aliphatic rings. The maximum Gasteiger partial charge on any atom is 0.147 e. The number of fused-ring (bicyclic) bond motifs is 1. The zero-order valence-corrected chi connectivity index (χ0v) is 11.6. The maximum atomic E-state index is 5.77. The van der Waals surface area contributed by atoms with Gasteiger partial charge in [0.1, 0.15) is 5.82 Å². The van der Waals surface area contributed by atoms with E-state index in [2.05, 4.69) is 26.4 Å². The minimum atomic E-state index is -0.0930. The van der Waals surface area contributed by atoms with E-state index in [0.29, 0.717) is 0 Å². The Labute approximate surface area is 118 Å². The summed E-state index contributed by atoms with van der Waals surface area (Å²) in [7, 11) is 0. The van der Waals surface area contributed by atoms with Crippen LogP contribution in [-0.2, 0) is 6.42 Å². The molecule has 2 aromatic rings. The van der Waals surface area contributed by atoms with Gasteiger partial charge in [-0.2, -0.15) is 0 Å². The van der Waals surface area contributed by atoms with Crippen LogP contribution in [0.15, 0.2) is 30.7 Å². The minimum Gasteiger partial charge on any atom is -0.271 e. The number of hydrogen-bond acceptors (Lipinski definition) is 5. The smallest absolute Gasteiger partial charge is 0.147 e. The number of aryl methyl sites for hydroxylation is 2. The van der Waals surface area contributed by atoms with Crippen LogP contribution in [0.4, 0.5) is 0 Å². The first kappa shape index (κ1) is 13.1. The van der Waals surface area contributed by atoms with Crippen molar-refractivity contribution in [1.29, 1.82) is 0 Å². The van der Waals surface area contributed by atoms with Crippen LogP contribution in [0, 0.1) is 6.92 Å². The first-order chi connectivity index (χ1) is 9.79. The van der Waals surface area contributed by atoms with Crippen molar-refractivity contribution in [3.8, 4) is 0 Å². The summed E-state index contributed by atoms with van der Waals surface area (Å²) in [6.45, 7) is 1.98. The fourth-order valence-electron chi connectivity index (χ4n) is 2.90. The highest BCUT2D eigenvalue weighted by Crippen LogP contribution is 2.37. The second-order valence-electron chi connectivity index (χ2n) is 5.31. The molecule has 2 atom stereocenters. The molecule has 0 bridgehead atoms. The number of aromatic nitrogens is 3. The summed E-state index contributed by atoms with van der Waals surface area (Å²) in [4.78, 5) is 13.4. The summed E-state index contributed by atoms with van der Waals surface area (Å²) in [5.74, 6) is 6.74. The lowest BCUT2D eigenvalue weighted by molar-refractivity contribution is 0.385. The number of hydrazine groups is 1. The lowest BCUT2D eigenvalue weighted by atomic mass is 9.82. The molecule has 0 radical (unpaired) electrons. The molecule has 0 fully saturated rings. The van der Waals surface area contributed by atoms with E-state index in [9.17, 15) is 0 Å². The molecule has 2 aromatic heterocycles. The SMILES string of the molecule is Cc1cnc(C(NN)C2CCCc3cccnc32)nc1. The van der Waals surface area contributed by atoms with Crippen molar-refractivity contribution in [1.82, 2.24) is 20.4 Å². The van der Waals surface area contributed by atoms with Crippen LogP contribution in [0.1, 0.15) is 47.4 Å². The topological polar surface area (TPSA) is 76.7 Å². The fraction of sp³-hybridized carbons (Fsp3) is 0.400. The van der Waals surface area contributed by atoms with Crippen molar-refractivity contribution in [3.05, 3.63) is 53.4 Å². The Hall–Kier alpha value is -1.85. The fourth-order valence-corrected chi connectivity index (χ4v) is 2.90. The molecule has 2 heterocycles. The van der Waals surface area contributed by atoms with E-state index in [1.807, 2.05) is 31.6 Å². The van der Waals surface area contributed by atoms with Gasteiger partial charge in [-0.25, -0.2) is 15.4 Å². The van der Waals surface area contributed by atoms with Gasteiger partial charge in [0.25, 0.3) is 0 Å². The molecule has 0 saturated heterocycles. The lowest BCUT2D eigenvalue weighted by Gasteiger charge is -2.30. The van der Waals surface area contributed by atoms with Crippen LogP contribution in [0.25, 0.3) is 0 Å². The first-order valence-electron chi connectivity index (χ1n) is 6.98. The highest BCUT2D eigenvalue weighted by atomic mass is 15.3. The quantitative estimate of drug-likeness (QED) is 0.656. The molecule has 3 rings (SSSR count). The third-order valence-corrected chi connectivity index (χ3v) is 3.90. The number of pyridine rings is 1. The highest BCUT2D eigenvalue weighted by Gasteiger charge is 2.31. The van der Waals surface area contributed by atoms with Gasteiger partial charge in [-0.05, 0) is 43.4 Å². The molecule has 104 valence electrons.